The summed E-state index contributed by atoms with van der Waals surface area (Å²) in [7, 11) is 1.81. The quantitative estimate of drug-likeness (QED) is 0.816. The van der Waals surface area contributed by atoms with Gasteiger partial charge in [-0.3, -0.25) is 4.68 Å². The molecule has 0 spiro atoms. The molecular formula is C14H16Br2FN3. The van der Waals surface area contributed by atoms with Crippen LogP contribution in [-0.4, -0.2) is 16.8 Å². The Kier molecular flexibility index (Phi) is 4.99. The van der Waals surface area contributed by atoms with Gasteiger partial charge in [0.05, 0.1) is 26.9 Å². The van der Waals surface area contributed by atoms with Gasteiger partial charge in [-0.25, -0.2) is 4.39 Å². The van der Waals surface area contributed by atoms with Crippen molar-refractivity contribution < 1.29 is 4.39 Å². The number of rotatable bonds is 4. The third-order valence-corrected chi connectivity index (χ3v) is 4.35. The summed E-state index contributed by atoms with van der Waals surface area (Å²) in [5.74, 6) is -0.254. The van der Waals surface area contributed by atoms with Crippen LogP contribution in [0.4, 0.5) is 4.39 Å². The number of hydrogen-bond donors (Lipinski definition) is 1. The van der Waals surface area contributed by atoms with E-state index in [0.717, 1.165) is 10.2 Å². The number of benzene rings is 1. The van der Waals surface area contributed by atoms with Crippen LogP contribution in [0.3, 0.4) is 0 Å². The second kappa shape index (κ2) is 6.37. The molecule has 20 heavy (non-hydrogen) atoms. The zero-order valence-corrected chi connectivity index (χ0v) is 14.7. The van der Waals surface area contributed by atoms with Crippen LogP contribution >= 0.6 is 31.9 Å². The Bertz CT molecular complexity index is 610. The fourth-order valence-electron chi connectivity index (χ4n) is 2.22. The highest BCUT2D eigenvalue weighted by molar-refractivity contribution is 9.10. The minimum absolute atomic E-state index is 0.197. The van der Waals surface area contributed by atoms with Crippen LogP contribution in [0.25, 0.3) is 0 Å². The van der Waals surface area contributed by atoms with Gasteiger partial charge in [0.2, 0.25) is 0 Å². The minimum atomic E-state index is -0.272. The van der Waals surface area contributed by atoms with Crippen LogP contribution < -0.4 is 5.32 Å². The van der Waals surface area contributed by atoms with E-state index in [4.69, 9.17) is 0 Å². The molecule has 0 aliphatic rings. The van der Waals surface area contributed by atoms with Crippen LogP contribution in [0.5, 0.6) is 0 Å². The Morgan fingerprint density at radius 2 is 1.95 bits per heavy atom. The van der Waals surface area contributed by atoms with Gasteiger partial charge in [0, 0.05) is 11.6 Å². The summed E-state index contributed by atoms with van der Waals surface area (Å²) in [6.07, 6.45) is 1.75. The summed E-state index contributed by atoms with van der Waals surface area (Å²) >= 11 is 6.75. The number of hydrogen-bond acceptors (Lipinski definition) is 2. The number of nitrogens with zero attached hydrogens (tertiary/aromatic N) is 2. The molecular weight excluding hydrogens is 389 g/mol. The average Bonchev–Trinajstić information content (AvgIpc) is 2.78. The van der Waals surface area contributed by atoms with Crippen molar-refractivity contribution in [2.45, 2.75) is 25.9 Å². The summed E-state index contributed by atoms with van der Waals surface area (Å²) in [5, 5.41) is 7.53. The Balaban J connectivity index is 2.58. The first kappa shape index (κ1) is 15.7. The smallest absolute Gasteiger partial charge is 0.142 e. The van der Waals surface area contributed by atoms with E-state index < -0.39 is 0 Å². The molecule has 6 heteroatoms. The summed E-state index contributed by atoms with van der Waals surface area (Å²) in [6.45, 7) is 4.10. The molecule has 0 saturated heterocycles. The topological polar surface area (TPSA) is 29.9 Å². The highest BCUT2D eigenvalue weighted by Crippen LogP contribution is 2.33. The van der Waals surface area contributed by atoms with Gasteiger partial charge in [-0.1, -0.05) is 12.1 Å². The van der Waals surface area contributed by atoms with E-state index in [2.05, 4.69) is 42.3 Å². The molecule has 0 bridgehead atoms. The Hall–Kier alpha value is -0.720. The van der Waals surface area contributed by atoms with Crippen molar-refractivity contribution in [3.8, 4) is 0 Å². The SMILES string of the molecule is CNC(c1cccc(Br)c1F)c1c(Br)cnn1C(C)C. The standard InChI is InChI=1S/C14H16Br2FN3/c1-8(2)20-14(11(16)7-19-20)13(18-3)9-5-4-6-10(15)12(9)17/h4-8,13,18H,1-3H3. The van der Waals surface area contributed by atoms with Gasteiger partial charge in [-0.15, -0.1) is 0 Å². The molecule has 0 fully saturated rings. The summed E-state index contributed by atoms with van der Waals surface area (Å²) in [5.41, 5.74) is 1.50. The summed E-state index contributed by atoms with van der Waals surface area (Å²) < 4.78 is 17.6. The molecule has 1 unspecified atom stereocenters. The molecule has 2 aromatic rings. The van der Waals surface area contributed by atoms with Crippen LogP contribution in [0.15, 0.2) is 33.3 Å². The van der Waals surface area contributed by atoms with Crippen LogP contribution in [0.1, 0.15) is 37.2 Å². The highest BCUT2D eigenvalue weighted by Gasteiger charge is 2.24. The Labute approximate surface area is 134 Å². The molecule has 2 rings (SSSR count). The predicted molar refractivity (Wildman–Crippen MR) is 85.3 cm³/mol. The molecule has 1 aromatic carbocycles. The maximum atomic E-state index is 14.4. The van der Waals surface area contributed by atoms with Gasteiger partial charge in [0.25, 0.3) is 0 Å². The Morgan fingerprint density at radius 3 is 2.55 bits per heavy atom. The molecule has 1 heterocycles. The lowest BCUT2D eigenvalue weighted by atomic mass is 10.0. The fraction of sp³-hybridized carbons (Fsp3) is 0.357. The number of nitrogens with one attached hydrogen (secondary N) is 1. The largest absolute Gasteiger partial charge is 0.308 e. The monoisotopic (exact) mass is 403 g/mol. The van der Waals surface area contributed by atoms with E-state index in [1.54, 1.807) is 18.3 Å². The highest BCUT2D eigenvalue weighted by atomic mass is 79.9. The lowest BCUT2D eigenvalue weighted by Crippen LogP contribution is -2.24. The van der Waals surface area contributed by atoms with E-state index in [1.165, 1.54) is 0 Å². The third-order valence-electron chi connectivity index (χ3n) is 3.13. The molecule has 0 radical (unpaired) electrons. The lowest BCUT2D eigenvalue weighted by molar-refractivity contribution is 0.474. The third kappa shape index (κ3) is 2.82. The first-order chi connectivity index (χ1) is 9.47. The molecule has 0 saturated carbocycles. The number of halogens is 3. The molecule has 0 amide bonds. The van der Waals surface area contributed by atoms with E-state index in [1.807, 2.05) is 31.6 Å². The van der Waals surface area contributed by atoms with E-state index in [9.17, 15) is 4.39 Å². The van der Waals surface area contributed by atoms with Crippen molar-refractivity contribution in [2.75, 3.05) is 7.05 Å². The van der Waals surface area contributed by atoms with E-state index in [0.29, 0.717) is 10.0 Å². The van der Waals surface area contributed by atoms with Gasteiger partial charge < -0.3 is 5.32 Å². The van der Waals surface area contributed by atoms with Gasteiger partial charge in [0.15, 0.2) is 0 Å². The van der Waals surface area contributed by atoms with Crippen molar-refractivity contribution >= 4 is 31.9 Å². The first-order valence-corrected chi connectivity index (χ1v) is 7.90. The van der Waals surface area contributed by atoms with Gasteiger partial charge in [-0.2, -0.15) is 5.10 Å². The van der Waals surface area contributed by atoms with Crippen molar-refractivity contribution in [3.05, 3.63) is 50.4 Å². The van der Waals surface area contributed by atoms with E-state index >= 15 is 0 Å². The molecule has 3 nitrogen and oxygen atoms in total. The van der Waals surface area contributed by atoms with Gasteiger partial charge in [-0.05, 0) is 58.8 Å². The molecule has 0 aliphatic heterocycles. The number of aromatic nitrogens is 2. The minimum Gasteiger partial charge on any atom is -0.308 e. The normalized spacial score (nSPS) is 12.9. The second-order valence-corrected chi connectivity index (χ2v) is 6.49. The van der Waals surface area contributed by atoms with E-state index in [-0.39, 0.29) is 17.9 Å². The molecule has 1 aromatic heterocycles. The van der Waals surface area contributed by atoms with Crippen LogP contribution in [0, 0.1) is 5.82 Å². The van der Waals surface area contributed by atoms with Crippen LogP contribution in [0.2, 0.25) is 0 Å². The van der Waals surface area contributed by atoms with Crippen molar-refractivity contribution in [2.24, 2.45) is 0 Å². The zero-order valence-electron chi connectivity index (χ0n) is 11.5. The van der Waals surface area contributed by atoms with Crippen molar-refractivity contribution in [3.63, 3.8) is 0 Å². The fourth-order valence-corrected chi connectivity index (χ4v) is 3.10. The summed E-state index contributed by atoms with van der Waals surface area (Å²) in [6, 6.07) is 5.23. The van der Waals surface area contributed by atoms with Crippen LogP contribution in [-0.2, 0) is 0 Å². The molecule has 0 aliphatic carbocycles. The first-order valence-electron chi connectivity index (χ1n) is 6.31. The molecule has 1 N–H and O–H groups in total. The maximum Gasteiger partial charge on any atom is 0.142 e. The average molecular weight is 405 g/mol. The maximum absolute atomic E-state index is 14.4. The Morgan fingerprint density at radius 1 is 1.25 bits per heavy atom. The molecule has 108 valence electrons. The zero-order chi connectivity index (χ0) is 14.9. The summed E-state index contributed by atoms with van der Waals surface area (Å²) in [4.78, 5) is 0. The van der Waals surface area contributed by atoms with Gasteiger partial charge in [0.1, 0.15) is 5.82 Å². The van der Waals surface area contributed by atoms with Crippen molar-refractivity contribution in [1.82, 2.24) is 15.1 Å². The van der Waals surface area contributed by atoms with Gasteiger partial charge >= 0.3 is 0 Å². The predicted octanol–water partition coefficient (Wildman–Crippen LogP) is 4.44. The van der Waals surface area contributed by atoms with Crippen molar-refractivity contribution in [1.29, 1.82) is 0 Å². The molecule has 1 atom stereocenters. The lowest BCUT2D eigenvalue weighted by Gasteiger charge is -2.21. The second-order valence-electron chi connectivity index (χ2n) is 4.78.